The number of aryl methyl sites for hydroxylation is 2. The summed E-state index contributed by atoms with van der Waals surface area (Å²) in [5.41, 5.74) is 5.98. The van der Waals surface area contributed by atoms with E-state index in [2.05, 4.69) is 45.1 Å². The second-order valence-corrected chi connectivity index (χ2v) is 4.85. The van der Waals surface area contributed by atoms with Crippen LogP contribution in [-0.2, 0) is 0 Å². The van der Waals surface area contributed by atoms with Crippen molar-refractivity contribution in [3.05, 3.63) is 34.4 Å². The van der Waals surface area contributed by atoms with Crippen molar-refractivity contribution in [1.29, 1.82) is 0 Å². The van der Waals surface area contributed by atoms with Crippen LogP contribution in [0, 0.1) is 13.8 Å². The summed E-state index contributed by atoms with van der Waals surface area (Å²) in [5, 5.41) is 3.63. The van der Waals surface area contributed by atoms with E-state index in [-0.39, 0.29) is 0 Å². The van der Waals surface area contributed by atoms with Crippen molar-refractivity contribution >= 4 is 0 Å². The fourth-order valence-corrected chi connectivity index (χ4v) is 2.87. The van der Waals surface area contributed by atoms with E-state index in [1.807, 2.05) is 0 Å². The van der Waals surface area contributed by atoms with Gasteiger partial charge in [0.25, 0.3) is 0 Å². The summed E-state index contributed by atoms with van der Waals surface area (Å²) in [7, 11) is 0. The summed E-state index contributed by atoms with van der Waals surface area (Å²) in [6.07, 6.45) is 1.18. The lowest BCUT2D eigenvalue weighted by Gasteiger charge is -2.32. The predicted octanol–water partition coefficient (Wildman–Crippen LogP) is 3.46. The van der Waals surface area contributed by atoms with E-state index in [1.54, 1.807) is 5.56 Å². The van der Waals surface area contributed by atoms with Crippen molar-refractivity contribution in [3.63, 3.8) is 0 Å². The minimum absolute atomic E-state index is 0.565. The SMILES string of the molecule is CCC1NCC(C)c2c(C)cc(C)cc21. The van der Waals surface area contributed by atoms with E-state index in [0.29, 0.717) is 12.0 Å². The van der Waals surface area contributed by atoms with Crippen LogP contribution in [0.3, 0.4) is 0 Å². The first-order valence-electron chi connectivity index (χ1n) is 5.98. The summed E-state index contributed by atoms with van der Waals surface area (Å²) in [6.45, 7) is 10.1. The Morgan fingerprint density at radius 3 is 2.73 bits per heavy atom. The van der Waals surface area contributed by atoms with Crippen LogP contribution in [0.1, 0.15) is 54.5 Å². The van der Waals surface area contributed by atoms with Crippen LogP contribution in [-0.4, -0.2) is 6.54 Å². The summed E-state index contributed by atoms with van der Waals surface area (Å²) in [6, 6.07) is 5.24. The number of hydrogen-bond acceptors (Lipinski definition) is 1. The topological polar surface area (TPSA) is 12.0 Å². The van der Waals surface area contributed by atoms with Crippen LogP contribution < -0.4 is 5.32 Å². The first-order valence-corrected chi connectivity index (χ1v) is 5.98. The Hall–Kier alpha value is -0.820. The highest BCUT2D eigenvalue weighted by Crippen LogP contribution is 2.34. The van der Waals surface area contributed by atoms with Crippen LogP contribution in [0.5, 0.6) is 0 Å². The number of fused-ring (bicyclic) bond motifs is 1. The molecule has 1 heterocycles. The maximum Gasteiger partial charge on any atom is 0.0320 e. The van der Waals surface area contributed by atoms with Gasteiger partial charge >= 0.3 is 0 Å². The van der Waals surface area contributed by atoms with Gasteiger partial charge in [0.1, 0.15) is 0 Å². The Kier molecular flexibility index (Phi) is 2.83. The smallest absolute Gasteiger partial charge is 0.0320 e. The molecule has 2 unspecified atom stereocenters. The Balaban J connectivity index is 2.56. The van der Waals surface area contributed by atoms with Gasteiger partial charge in [-0.15, -0.1) is 0 Å². The molecule has 82 valence electrons. The fraction of sp³-hybridized carbons (Fsp3) is 0.571. The molecule has 15 heavy (non-hydrogen) atoms. The van der Waals surface area contributed by atoms with Gasteiger partial charge in [0, 0.05) is 12.6 Å². The third-order valence-corrected chi connectivity index (χ3v) is 3.51. The Morgan fingerprint density at radius 1 is 1.33 bits per heavy atom. The number of rotatable bonds is 1. The van der Waals surface area contributed by atoms with Crippen molar-refractivity contribution < 1.29 is 0 Å². The molecule has 1 nitrogen and oxygen atoms in total. The zero-order valence-electron chi connectivity index (χ0n) is 10.2. The van der Waals surface area contributed by atoms with Gasteiger partial charge in [0.2, 0.25) is 0 Å². The quantitative estimate of drug-likeness (QED) is 0.737. The molecule has 0 spiro atoms. The van der Waals surface area contributed by atoms with Gasteiger partial charge < -0.3 is 5.32 Å². The minimum Gasteiger partial charge on any atom is -0.309 e. The molecule has 1 N–H and O–H groups in total. The molecular weight excluding hydrogens is 182 g/mol. The largest absolute Gasteiger partial charge is 0.309 e. The molecule has 1 aliphatic heterocycles. The van der Waals surface area contributed by atoms with E-state index in [1.165, 1.54) is 23.1 Å². The Bertz CT molecular complexity index is 368. The average molecular weight is 203 g/mol. The Morgan fingerprint density at radius 2 is 2.07 bits per heavy atom. The molecule has 0 radical (unpaired) electrons. The summed E-state index contributed by atoms with van der Waals surface area (Å²) < 4.78 is 0. The van der Waals surface area contributed by atoms with Gasteiger partial charge in [-0.05, 0) is 42.9 Å². The van der Waals surface area contributed by atoms with E-state index < -0.39 is 0 Å². The highest BCUT2D eigenvalue weighted by atomic mass is 14.9. The normalized spacial score (nSPS) is 25.1. The van der Waals surface area contributed by atoms with Crippen LogP contribution >= 0.6 is 0 Å². The van der Waals surface area contributed by atoms with Crippen LogP contribution in [0.2, 0.25) is 0 Å². The van der Waals surface area contributed by atoms with Gasteiger partial charge in [-0.1, -0.05) is 31.5 Å². The second kappa shape index (κ2) is 3.97. The maximum atomic E-state index is 3.63. The van der Waals surface area contributed by atoms with E-state index in [4.69, 9.17) is 0 Å². The molecule has 1 aromatic carbocycles. The summed E-state index contributed by atoms with van der Waals surface area (Å²) in [4.78, 5) is 0. The van der Waals surface area contributed by atoms with Crippen molar-refractivity contribution in [2.24, 2.45) is 0 Å². The van der Waals surface area contributed by atoms with Crippen LogP contribution in [0.25, 0.3) is 0 Å². The third kappa shape index (κ3) is 1.81. The first-order chi connectivity index (χ1) is 7.13. The lowest BCUT2D eigenvalue weighted by Crippen LogP contribution is -2.32. The molecule has 0 bridgehead atoms. The van der Waals surface area contributed by atoms with Gasteiger partial charge in [-0.2, -0.15) is 0 Å². The highest BCUT2D eigenvalue weighted by molar-refractivity contribution is 5.43. The molecule has 1 aromatic rings. The molecule has 0 saturated heterocycles. The molecule has 1 aliphatic rings. The number of nitrogens with one attached hydrogen (secondary N) is 1. The van der Waals surface area contributed by atoms with Gasteiger partial charge in [0.05, 0.1) is 0 Å². The van der Waals surface area contributed by atoms with E-state index in [9.17, 15) is 0 Å². The standard InChI is InChI=1S/C14H21N/c1-5-13-12-7-9(2)6-10(3)14(12)11(4)8-15-13/h6-7,11,13,15H,5,8H2,1-4H3. The molecule has 0 aliphatic carbocycles. The minimum atomic E-state index is 0.565. The summed E-state index contributed by atoms with van der Waals surface area (Å²) >= 11 is 0. The number of benzene rings is 1. The Labute approximate surface area is 92.9 Å². The van der Waals surface area contributed by atoms with Gasteiger partial charge in [-0.25, -0.2) is 0 Å². The summed E-state index contributed by atoms with van der Waals surface area (Å²) in [5.74, 6) is 0.656. The van der Waals surface area contributed by atoms with Crippen molar-refractivity contribution in [2.45, 2.75) is 46.1 Å². The second-order valence-electron chi connectivity index (χ2n) is 4.85. The van der Waals surface area contributed by atoms with Crippen LogP contribution in [0.15, 0.2) is 12.1 Å². The van der Waals surface area contributed by atoms with E-state index in [0.717, 1.165) is 6.54 Å². The molecule has 0 aromatic heterocycles. The molecule has 0 amide bonds. The molecule has 2 rings (SSSR count). The zero-order chi connectivity index (χ0) is 11.0. The van der Waals surface area contributed by atoms with Crippen molar-refractivity contribution in [1.82, 2.24) is 5.32 Å². The highest BCUT2D eigenvalue weighted by Gasteiger charge is 2.24. The predicted molar refractivity (Wildman–Crippen MR) is 65.4 cm³/mol. The zero-order valence-corrected chi connectivity index (χ0v) is 10.2. The lowest BCUT2D eigenvalue weighted by atomic mass is 9.83. The van der Waals surface area contributed by atoms with Gasteiger partial charge in [-0.3, -0.25) is 0 Å². The van der Waals surface area contributed by atoms with Gasteiger partial charge in [0.15, 0.2) is 0 Å². The molecule has 1 heteroatoms. The van der Waals surface area contributed by atoms with Crippen LogP contribution in [0.4, 0.5) is 0 Å². The average Bonchev–Trinajstić information content (AvgIpc) is 2.17. The molecule has 2 atom stereocenters. The van der Waals surface area contributed by atoms with Crippen molar-refractivity contribution in [2.75, 3.05) is 6.54 Å². The third-order valence-electron chi connectivity index (χ3n) is 3.51. The number of hydrogen-bond donors (Lipinski definition) is 1. The van der Waals surface area contributed by atoms with Crippen molar-refractivity contribution in [3.8, 4) is 0 Å². The maximum absolute atomic E-state index is 3.63. The lowest BCUT2D eigenvalue weighted by molar-refractivity contribution is 0.456. The first kappa shape index (κ1) is 10.7. The fourth-order valence-electron chi connectivity index (χ4n) is 2.87. The molecule has 0 fully saturated rings. The van der Waals surface area contributed by atoms with E-state index >= 15 is 0 Å². The molecule has 0 saturated carbocycles. The molecular formula is C14H21N. The monoisotopic (exact) mass is 203 g/mol.